The van der Waals surface area contributed by atoms with Crippen molar-refractivity contribution in [3.8, 4) is 11.5 Å². The van der Waals surface area contributed by atoms with E-state index in [4.69, 9.17) is 44.3 Å². The summed E-state index contributed by atoms with van der Waals surface area (Å²) < 4.78 is 10.5. The van der Waals surface area contributed by atoms with E-state index in [1.54, 1.807) is 27.2 Å². The van der Waals surface area contributed by atoms with Gasteiger partial charge in [0, 0.05) is 4.90 Å². The van der Waals surface area contributed by atoms with E-state index in [9.17, 15) is 4.79 Å². The van der Waals surface area contributed by atoms with Gasteiger partial charge in [-0.25, -0.2) is 0 Å². The first-order valence-corrected chi connectivity index (χ1v) is 9.21. The van der Waals surface area contributed by atoms with E-state index in [-0.39, 0.29) is 11.2 Å². The topological polar surface area (TPSA) is 47.6 Å². The molecule has 1 amide bonds. The predicted octanol–water partition coefficient (Wildman–Crippen LogP) is 5.78. The maximum absolute atomic E-state index is 12.4. The molecule has 0 saturated carbocycles. The SMILES string of the molecule is COc1ccc(S[C@H](C)C(=O)Nc2cc(Cl)c(Cl)cc2Cl)cc1OC. The molecule has 0 bridgehead atoms. The van der Waals surface area contributed by atoms with E-state index in [2.05, 4.69) is 5.32 Å². The molecule has 2 aromatic rings. The first-order valence-electron chi connectivity index (χ1n) is 7.19. The Labute approximate surface area is 165 Å². The van der Waals surface area contributed by atoms with Crippen LogP contribution in [-0.4, -0.2) is 25.4 Å². The lowest BCUT2D eigenvalue weighted by molar-refractivity contribution is -0.115. The Kier molecular flexibility index (Phi) is 7.14. The van der Waals surface area contributed by atoms with E-state index < -0.39 is 0 Å². The standard InChI is InChI=1S/C17H16Cl3NO3S/c1-9(25-10-4-5-15(23-2)16(6-10)24-3)17(22)21-14-8-12(19)11(18)7-13(14)20/h4-9H,1-3H3,(H,21,22)/t9-/m1/s1. The number of halogens is 3. The van der Waals surface area contributed by atoms with Crippen LogP contribution in [0.3, 0.4) is 0 Å². The van der Waals surface area contributed by atoms with E-state index in [1.165, 1.54) is 23.9 Å². The van der Waals surface area contributed by atoms with Gasteiger partial charge in [0.15, 0.2) is 11.5 Å². The lowest BCUT2D eigenvalue weighted by atomic mass is 10.3. The number of methoxy groups -OCH3 is 2. The third-order valence-corrected chi connectivity index (χ3v) is 5.43. The molecule has 0 unspecified atom stereocenters. The third kappa shape index (κ3) is 5.11. The van der Waals surface area contributed by atoms with E-state index in [0.29, 0.717) is 32.3 Å². The van der Waals surface area contributed by atoms with Crippen LogP contribution in [0.25, 0.3) is 0 Å². The first-order chi connectivity index (χ1) is 11.8. The normalized spacial score (nSPS) is 11.8. The zero-order valence-corrected chi connectivity index (χ0v) is 16.8. The largest absolute Gasteiger partial charge is 0.493 e. The summed E-state index contributed by atoms with van der Waals surface area (Å²) in [6.07, 6.45) is 0. The monoisotopic (exact) mass is 419 g/mol. The highest BCUT2D eigenvalue weighted by Crippen LogP contribution is 2.35. The number of amides is 1. The van der Waals surface area contributed by atoms with Gasteiger partial charge in [0.25, 0.3) is 0 Å². The molecule has 2 rings (SSSR count). The Morgan fingerprint density at radius 3 is 2.28 bits per heavy atom. The molecule has 0 aliphatic carbocycles. The highest BCUT2D eigenvalue weighted by Gasteiger charge is 2.17. The van der Waals surface area contributed by atoms with E-state index in [1.807, 2.05) is 12.1 Å². The summed E-state index contributed by atoms with van der Waals surface area (Å²) in [5.41, 5.74) is 0.417. The van der Waals surface area contributed by atoms with Gasteiger partial charge in [-0.15, -0.1) is 11.8 Å². The van der Waals surface area contributed by atoms with Gasteiger partial charge in [-0.05, 0) is 37.3 Å². The fourth-order valence-corrected chi connectivity index (χ4v) is 3.49. The minimum Gasteiger partial charge on any atom is -0.493 e. The van der Waals surface area contributed by atoms with Crippen LogP contribution in [0.2, 0.25) is 15.1 Å². The number of ether oxygens (including phenoxy) is 2. The van der Waals surface area contributed by atoms with Crippen molar-refractivity contribution >= 4 is 58.2 Å². The Bertz CT molecular complexity index is 786. The van der Waals surface area contributed by atoms with Crippen molar-refractivity contribution in [1.29, 1.82) is 0 Å². The zero-order chi connectivity index (χ0) is 18.6. The maximum atomic E-state index is 12.4. The highest BCUT2D eigenvalue weighted by atomic mass is 35.5. The molecule has 4 nitrogen and oxygen atoms in total. The lowest BCUT2D eigenvalue weighted by Crippen LogP contribution is -2.22. The van der Waals surface area contributed by atoms with Crippen LogP contribution in [0.1, 0.15) is 6.92 Å². The second-order valence-corrected chi connectivity index (χ2v) is 7.65. The quantitative estimate of drug-likeness (QED) is 0.475. The number of thioether (sulfide) groups is 1. The average Bonchev–Trinajstić information content (AvgIpc) is 2.59. The Morgan fingerprint density at radius 1 is 1.00 bits per heavy atom. The molecule has 0 aliphatic rings. The Hall–Kier alpha value is -1.27. The van der Waals surface area contributed by atoms with E-state index >= 15 is 0 Å². The molecule has 0 aliphatic heterocycles. The second kappa shape index (κ2) is 8.90. The van der Waals surface area contributed by atoms with Crippen molar-refractivity contribution in [2.45, 2.75) is 17.1 Å². The molecule has 8 heteroatoms. The summed E-state index contributed by atoms with van der Waals surface area (Å²) in [6, 6.07) is 8.49. The number of carbonyl (C=O) groups excluding carboxylic acids is 1. The van der Waals surface area contributed by atoms with Crippen LogP contribution in [0.4, 0.5) is 5.69 Å². The molecule has 0 radical (unpaired) electrons. The fraction of sp³-hybridized carbons (Fsp3) is 0.235. The van der Waals surface area contributed by atoms with Crippen molar-refractivity contribution in [1.82, 2.24) is 0 Å². The average molecular weight is 421 g/mol. The number of anilines is 1. The van der Waals surface area contributed by atoms with Gasteiger partial charge < -0.3 is 14.8 Å². The van der Waals surface area contributed by atoms with Gasteiger partial charge in [-0.3, -0.25) is 4.79 Å². The number of nitrogens with one attached hydrogen (secondary N) is 1. The van der Waals surface area contributed by atoms with Crippen molar-refractivity contribution in [3.05, 3.63) is 45.4 Å². The smallest absolute Gasteiger partial charge is 0.237 e. The number of hydrogen-bond acceptors (Lipinski definition) is 4. The van der Waals surface area contributed by atoms with Crippen LogP contribution >= 0.6 is 46.6 Å². The number of rotatable bonds is 6. The van der Waals surface area contributed by atoms with Crippen molar-refractivity contribution in [2.75, 3.05) is 19.5 Å². The Morgan fingerprint density at radius 2 is 1.64 bits per heavy atom. The molecular formula is C17H16Cl3NO3S. The summed E-state index contributed by atoms with van der Waals surface area (Å²) in [7, 11) is 3.14. The molecule has 134 valence electrons. The van der Waals surface area contributed by atoms with Crippen molar-refractivity contribution < 1.29 is 14.3 Å². The van der Waals surface area contributed by atoms with Gasteiger partial charge in [-0.2, -0.15) is 0 Å². The molecule has 0 fully saturated rings. The van der Waals surface area contributed by atoms with Crippen LogP contribution in [0.5, 0.6) is 11.5 Å². The van der Waals surface area contributed by atoms with Gasteiger partial charge in [0.1, 0.15) is 0 Å². The number of carbonyl (C=O) groups is 1. The van der Waals surface area contributed by atoms with Gasteiger partial charge in [-0.1, -0.05) is 34.8 Å². The van der Waals surface area contributed by atoms with Crippen LogP contribution < -0.4 is 14.8 Å². The fourth-order valence-electron chi connectivity index (χ4n) is 2.00. The van der Waals surface area contributed by atoms with Crippen LogP contribution in [0.15, 0.2) is 35.2 Å². The Balaban J connectivity index is 2.09. The summed E-state index contributed by atoms with van der Waals surface area (Å²) in [5.74, 6) is 1.03. The molecule has 2 aromatic carbocycles. The molecule has 0 heterocycles. The summed E-state index contributed by atoms with van der Waals surface area (Å²) in [5, 5.41) is 3.36. The third-order valence-electron chi connectivity index (χ3n) is 3.30. The molecule has 25 heavy (non-hydrogen) atoms. The minimum absolute atomic E-state index is 0.208. The summed E-state index contributed by atoms with van der Waals surface area (Å²) in [4.78, 5) is 13.3. The van der Waals surface area contributed by atoms with Crippen molar-refractivity contribution in [3.63, 3.8) is 0 Å². The summed E-state index contributed by atoms with van der Waals surface area (Å²) in [6.45, 7) is 1.79. The molecule has 1 N–H and O–H groups in total. The van der Waals surface area contributed by atoms with Gasteiger partial charge >= 0.3 is 0 Å². The molecular weight excluding hydrogens is 405 g/mol. The van der Waals surface area contributed by atoms with Crippen LogP contribution in [0, 0.1) is 0 Å². The molecule has 0 saturated heterocycles. The molecule has 0 aromatic heterocycles. The zero-order valence-electron chi connectivity index (χ0n) is 13.7. The maximum Gasteiger partial charge on any atom is 0.237 e. The predicted molar refractivity (Wildman–Crippen MR) is 105 cm³/mol. The lowest BCUT2D eigenvalue weighted by Gasteiger charge is -2.15. The van der Waals surface area contributed by atoms with Gasteiger partial charge in [0.05, 0.1) is 40.2 Å². The minimum atomic E-state index is -0.372. The highest BCUT2D eigenvalue weighted by molar-refractivity contribution is 8.00. The second-order valence-electron chi connectivity index (χ2n) is 5.01. The summed E-state index contributed by atoms with van der Waals surface area (Å²) >= 11 is 19.3. The number of hydrogen-bond donors (Lipinski definition) is 1. The number of benzene rings is 2. The van der Waals surface area contributed by atoms with Crippen LogP contribution in [-0.2, 0) is 4.79 Å². The van der Waals surface area contributed by atoms with E-state index in [0.717, 1.165) is 4.90 Å². The van der Waals surface area contributed by atoms with Gasteiger partial charge in [0.2, 0.25) is 5.91 Å². The molecule has 0 spiro atoms. The first kappa shape index (κ1) is 20.0. The molecule has 1 atom stereocenters. The van der Waals surface area contributed by atoms with Crippen molar-refractivity contribution in [2.24, 2.45) is 0 Å².